The van der Waals surface area contributed by atoms with Crippen molar-refractivity contribution < 1.29 is 9.47 Å². The van der Waals surface area contributed by atoms with Crippen LogP contribution in [-0.4, -0.2) is 38.5 Å². The number of likely N-dealkylation sites (N-methyl/N-ethyl adjacent to an activating group) is 1. The van der Waals surface area contributed by atoms with E-state index in [-0.39, 0.29) is 6.10 Å². The molecule has 0 aromatic rings. The summed E-state index contributed by atoms with van der Waals surface area (Å²) in [5.74, 6) is 0. The molecule has 0 aromatic heterocycles. The van der Waals surface area contributed by atoms with Gasteiger partial charge in [-0.15, -0.1) is 0 Å². The van der Waals surface area contributed by atoms with Gasteiger partial charge in [-0.1, -0.05) is 13.8 Å². The Labute approximate surface area is 87.2 Å². The van der Waals surface area contributed by atoms with Crippen LogP contribution < -0.4 is 5.32 Å². The first-order valence-corrected chi connectivity index (χ1v) is 5.73. The molecule has 0 bridgehead atoms. The highest BCUT2D eigenvalue weighted by atomic mass is 16.5. The van der Waals surface area contributed by atoms with Crippen LogP contribution in [0, 0.1) is 0 Å². The van der Waals surface area contributed by atoms with Gasteiger partial charge in [0.1, 0.15) is 0 Å². The molecule has 0 aliphatic heterocycles. The largest absolute Gasteiger partial charge is 0.375 e. The van der Waals surface area contributed by atoms with E-state index in [1.165, 1.54) is 0 Å². The Morgan fingerprint density at radius 2 is 1.79 bits per heavy atom. The predicted molar refractivity (Wildman–Crippen MR) is 57.5 cm³/mol. The maximum atomic E-state index is 5.75. The van der Waals surface area contributed by atoms with Crippen molar-refractivity contribution >= 4 is 0 Å². The van der Waals surface area contributed by atoms with Gasteiger partial charge in [0.25, 0.3) is 0 Å². The van der Waals surface area contributed by atoms with Crippen molar-refractivity contribution in [3.63, 3.8) is 0 Å². The molecule has 3 atom stereocenters. The number of nitrogens with one attached hydrogen (secondary N) is 1. The fourth-order valence-electron chi connectivity index (χ4n) is 1.77. The molecule has 0 spiro atoms. The standard InChI is InChI=1S/C11H23NO2/c1-4-6-13-10-8-9(12-3)11(10)14-7-5-2/h9-12H,4-8H2,1-3H3. The molecule has 1 fully saturated rings. The Kier molecular flexibility index (Phi) is 5.45. The van der Waals surface area contributed by atoms with Crippen LogP contribution in [0.2, 0.25) is 0 Å². The lowest BCUT2D eigenvalue weighted by Crippen LogP contribution is -2.59. The van der Waals surface area contributed by atoms with E-state index in [0.29, 0.717) is 12.1 Å². The Morgan fingerprint density at radius 3 is 2.36 bits per heavy atom. The van der Waals surface area contributed by atoms with Gasteiger partial charge in [-0.2, -0.15) is 0 Å². The minimum Gasteiger partial charge on any atom is -0.375 e. The maximum Gasteiger partial charge on any atom is 0.0990 e. The zero-order valence-corrected chi connectivity index (χ0v) is 9.58. The lowest BCUT2D eigenvalue weighted by atomic mass is 9.85. The van der Waals surface area contributed by atoms with Crippen LogP contribution in [0.15, 0.2) is 0 Å². The van der Waals surface area contributed by atoms with E-state index in [9.17, 15) is 0 Å². The second kappa shape index (κ2) is 6.38. The van der Waals surface area contributed by atoms with Gasteiger partial charge in [-0.25, -0.2) is 0 Å². The van der Waals surface area contributed by atoms with E-state index in [1.807, 2.05) is 7.05 Å². The van der Waals surface area contributed by atoms with Gasteiger partial charge in [-0.05, 0) is 26.3 Å². The van der Waals surface area contributed by atoms with Crippen LogP contribution >= 0.6 is 0 Å². The third-order valence-electron chi connectivity index (χ3n) is 2.67. The Bertz CT molecular complexity index is 150. The smallest absolute Gasteiger partial charge is 0.0990 e. The molecule has 1 aliphatic rings. The minimum absolute atomic E-state index is 0.270. The van der Waals surface area contributed by atoms with Crippen molar-refractivity contribution in [1.29, 1.82) is 0 Å². The Morgan fingerprint density at radius 1 is 1.14 bits per heavy atom. The highest BCUT2D eigenvalue weighted by Gasteiger charge is 2.41. The molecular weight excluding hydrogens is 178 g/mol. The summed E-state index contributed by atoms with van der Waals surface area (Å²) in [6, 6.07) is 0.489. The van der Waals surface area contributed by atoms with Crippen molar-refractivity contribution in [2.75, 3.05) is 20.3 Å². The van der Waals surface area contributed by atoms with Crippen molar-refractivity contribution in [3.05, 3.63) is 0 Å². The highest BCUT2D eigenvalue weighted by molar-refractivity contribution is 4.96. The number of rotatable bonds is 7. The molecule has 0 radical (unpaired) electrons. The van der Waals surface area contributed by atoms with Gasteiger partial charge >= 0.3 is 0 Å². The monoisotopic (exact) mass is 201 g/mol. The lowest BCUT2D eigenvalue weighted by Gasteiger charge is -2.43. The molecule has 14 heavy (non-hydrogen) atoms. The summed E-state index contributed by atoms with van der Waals surface area (Å²) in [6.45, 7) is 5.97. The third kappa shape index (κ3) is 2.94. The van der Waals surface area contributed by atoms with Gasteiger partial charge in [0, 0.05) is 19.3 Å². The second-order valence-electron chi connectivity index (χ2n) is 3.88. The zero-order valence-electron chi connectivity index (χ0n) is 9.58. The molecule has 0 heterocycles. The van der Waals surface area contributed by atoms with Crippen molar-refractivity contribution in [1.82, 2.24) is 5.32 Å². The molecule has 0 aromatic carbocycles. The van der Waals surface area contributed by atoms with E-state index < -0.39 is 0 Å². The van der Waals surface area contributed by atoms with Crippen LogP contribution in [-0.2, 0) is 9.47 Å². The molecule has 3 heteroatoms. The lowest BCUT2D eigenvalue weighted by molar-refractivity contribution is -0.145. The zero-order chi connectivity index (χ0) is 10.4. The molecule has 3 nitrogen and oxygen atoms in total. The summed E-state index contributed by atoms with van der Waals surface area (Å²) in [5, 5.41) is 3.26. The van der Waals surface area contributed by atoms with Crippen LogP contribution in [0.1, 0.15) is 33.1 Å². The fourth-order valence-corrected chi connectivity index (χ4v) is 1.77. The van der Waals surface area contributed by atoms with Gasteiger partial charge < -0.3 is 14.8 Å². The van der Waals surface area contributed by atoms with Gasteiger partial charge in [0.2, 0.25) is 0 Å². The Balaban J connectivity index is 2.23. The predicted octanol–water partition coefficient (Wildman–Crippen LogP) is 1.57. The van der Waals surface area contributed by atoms with E-state index in [1.54, 1.807) is 0 Å². The van der Waals surface area contributed by atoms with Gasteiger partial charge in [0.15, 0.2) is 0 Å². The number of ether oxygens (including phenoxy) is 2. The van der Waals surface area contributed by atoms with Crippen molar-refractivity contribution in [2.24, 2.45) is 0 Å². The van der Waals surface area contributed by atoms with Crippen molar-refractivity contribution in [3.8, 4) is 0 Å². The second-order valence-corrected chi connectivity index (χ2v) is 3.88. The van der Waals surface area contributed by atoms with Crippen LogP contribution in [0.5, 0.6) is 0 Å². The minimum atomic E-state index is 0.270. The van der Waals surface area contributed by atoms with Gasteiger partial charge in [-0.3, -0.25) is 0 Å². The molecule has 1 rings (SSSR count). The summed E-state index contributed by atoms with van der Waals surface area (Å²) in [5.41, 5.74) is 0. The van der Waals surface area contributed by atoms with Crippen LogP contribution in [0.4, 0.5) is 0 Å². The first-order chi connectivity index (χ1) is 6.83. The first kappa shape index (κ1) is 12.0. The summed E-state index contributed by atoms with van der Waals surface area (Å²) < 4.78 is 11.5. The van der Waals surface area contributed by atoms with Gasteiger partial charge in [0.05, 0.1) is 12.2 Å². The molecule has 3 unspecified atom stereocenters. The maximum absolute atomic E-state index is 5.75. The van der Waals surface area contributed by atoms with E-state index in [0.717, 1.165) is 32.5 Å². The van der Waals surface area contributed by atoms with Crippen LogP contribution in [0.3, 0.4) is 0 Å². The SMILES string of the molecule is CCCOC1CC(NC)C1OCCC. The number of hydrogen-bond donors (Lipinski definition) is 1. The highest BCUT2D eigenvalue weighted by Crippen LogP contribution is 2.27. The summed E-state index contributed by atoms with van der Waals surface area (Å²) in [7, 11) is 1.99. The normalized spacial score (nSPS) is 31.5. The van der Waals surface area contributed by atoms with E-state index in [2.05, 4.69) is 19.2 Å². The van der Waals surface area contributed by atoms with Crippen LogP contribution in [0.25, 0.3) is 0 Å². The topological polar surface area (TPSA) is 30.5 Å². The average molecular weight is 201 g/mol. The number of hydrogen-bond acceptors (Lipinski definition) is 3. The summed E-state index contributed by atoms with van der Waals surface area (Å²) in [6.07, 6.45) is 3.84. The van der Waals surface area contributed by atoms with E-state index >= 15 is 0 Å². The Hall–Kier alpha value is -0.120. The molecular formula is C11H23NO2. The molecule has 84 valence electrons. The van der Waals surface area contributed by atoms with Crippen molar-refractivity contribution in [2.45, 2.75) is 51.4 Å². The van der Waals surface area contributed by atoms with E-state index in [4.69, 9.17) is 9.47 Å². The quantitative estimate of drug-likeness (QED) is 0.678. The summed E-state index contributed by atoms with van der Waals surface area (Å²) in [4.78, 5) is 0. The molecule has 1 N–H and O–H groups in total. The first-order valence-electron chi connectivity index (χ1n) is 5.73. The molecule has 1 saturated carbocycles. The third-order valence-corrected chi connectivity index (χ3v) is 2.67. The summed E-state index contributed by atoms with van der Waals surface area (Å²) >= 11 is 0. The molecule has 1 aliphatic carbocycles. The molecule has 0 saturated heterocycles. The fraction of sp³-hybridized carbons (Fsp3) is 1.00. The average Bonchev–Trinajstić information content (AvgIpc) is 2.17. The molecule has 0 amide bonds.